The van der Waals surface area contributed by atoms with Gasteiger partial charge in [-0.15, -0.1) is 0 Å². The Morgan fingerprint density at radius 3 is 1.37 bits per heavy atom. The Kier molecular flexibility index (Phi) is 13.4. The molecule has 0 spiro atoms. The molecule has 2 aliphatic rings. The van der Waals surface area contributed by atoms with Crippen molar-refractivity contribution >= 4 is 29.8 Å². The Balaban J connectivity index is 2.32. The van der Waals surface area contributed by atoms with E-state index < -0.39 is 42.4 Å². The number of hydrogen-bond acceptors (Lipinski definition) is 9. The first-order valence-electron chi connectivity index (χ1n) is 13.1. The minimum atomic E-state index is -1.15. The van der Waals surface area contributed by atoms with E-state index in [4.69, 9.17) is 5.11 Å². The molecule has 2 rings (SSSR count). The molecule has 216 valence electrons. The van der Waals surface area contributed by atoms with Gasteiger partial charge in [-0.25, -0.2) is 0 Å². The van der Waals surface area contributed by atoms with Crippen molar-refractivity contribution in [2.24, 2.45) is 5.92 Å². The van der Waals surface area contributed by atoms with E-state index in [0.717, 1.165) is 32.1 Å². The van der Waals surface area contributed by atoms with Gasteiger partial charge >= 0.3 is 23.9 Å². The van der Waals surface area contributed by atoms with Gasteiger partial charge in [-0.2, -0.15) is 0 Å². The molecule has 1 unspecified atom stereocenters. The van der Waals surface area contributed by atoms with Crippen molar-refractivity contribution in [2.75, 3.05) is 78.5 Å². The number of carbonyl (C=O) groups excluding carboxylic acids is 1. The smallest absolute Gasteiger partial charge is 0.322 e. The van der Waals surface area contributed by atoms with Crippen LogP contribution >= 0.6 is 0 Å². The highest BCUT2D eigenvalue weighted by atomic mass is 16.4. The van der Waals surface area contributed by atoms with Crippen LogP contribution in [-0.2, 0) is 24.0 Å². The molecule has 1 amide bonds. The van der Waals surface area contributed by atoms with Gasteiger partial charge in [0.1, 0.15) is 6.54 Å². The van der Waals surface area contributed by atoms with Crippen LogP contribution in [-0.4, -0.2) is 154 Å². The van der Waals surface area contributed by atoms with Crippen molar-refractivity contribution in [3.05, 3.63) is 0 Å². The van der Waals surface area contributed by atoms with Crippen molar-refractivity contribution in [1.29, 1.82) is 0 Å². The lowest BCUT2D eigenvalue weighted by molar-refractivity contribution is -0.141. The predicted octanol–water partition coefficient (Wildman–Crippen LogP) is -1.39. The van der Waals surface area contributed by atoms with Crippen LogP contribution in [0.2, 0.25) is 0 Å². The normalized spacial score (nSPS) is 21.1. The van der Waals surface area contributed by atoms with Gasteiger partial charge in [0.2, 0.25) is 5.91 Å². The van der Waals surface area contributed by atoms with E-state index >= 15 is 0 Å². The third kappa shape index (κ3) is 11.7. The molecule has 0 radical (unpaired) electrons. The number of aliphatic carboxylic acids is 4. The first-order chi connectivity index (χ1) is 18.0. The summed E-state index contributed by atoms with van der Waals surface area (Å²) < 4.78 is 0. The van der Waals surface area contributed by atoms with Crippen LogP contribution in [0.25, 0.3) is 0 Å². The van der Waals surface area contributed by atoms with E-state index in [1.807, 2.05) is 4.90 Å². The Labute approximate surface area is 222 Å². The number of rotatable bonds is 11. The van der Waals surface area contributed by atoms with E-state index in [0.29, 0.717) is 26.2 Å². The predicted molar refractivity (Wildman–Crippen MR) is 135 cm³/mol. The zero-order valence-electron chi connectivity index (χ0n) is 21.8. The number of carboxylic acid groups (broad SMARTS) is 4. The zero-order chi connectivity index (χ0) is 28.1. The van der Waals surface area contributed by atoms with E-state index in [1.165, 1.54) is 0 Å². The van der Waals surface area contributed by atoms with Gasteiger partial charge in [0.15, 0.2) is 0 Å². The summed E-state index contributed by atoms with van der Waals surface area (Å²) in [5.41, 5.74) is 0. The summed E-state index contributed by atoms with van der Waals surface area (Å²) in [4.78, 5) is 65.8. The summed E-state index contributed by atoms with van der Waals surface area (Å²) in [7, 11) is 0. The summed E-state index contributed by atoms with van der Waals surface area (Å²) >= 11 is 0. The molecule has 14 nitrogen and oxygen atoms in total. The summed E-state index contributed by atoms with van der Waals surface area (Å²) in [5.74, 6) is -4.62. The molecule has 1 aliphatic carbocycles. The van der Waals surface area contributed by atoms with E-state index in [9.17, 15) is 39.3 Å². The molecule has 2 fully saturated rings. The first-order valence-corrected chi connectivity index (χ1v) is 13.1. The van der Waals surface area contributed by atoms with Gasteiger partial charge in [-0.05, 0) is 18.8 Å². The van der Waals surface area contributed by atoms with Gasteiger partial charge in [-0.1, -0.05) is 19.3 Å². The summed E-state index contributed by atoms with van der Waals surface area (Å²) in [6.07, 6.45) is 4.59. The first kappa shape index (κ1) is 31.4. The maximum absolute atomic E-state index is 13.3. The van der Waals surface area contributed by atoms with Gasteiger partial charge in [0, 0.05) is 52.4 Å². The van der Waals surface area contributed by atoms with E-state index in [-0.39, 0.29) is 51.7 Å². The molecule has 1 heterocycles. The van der Waals surface area contributed by atoms with Crippen molar-refractivity contribution < 1.29 is 44.4 Å². The van der Waals surface area contributed by atoms with Crippen molar-refractivity contribution in [2.45, 2.75) is 38.1 Å². The number of amides is 1. The molecule has 1 aliphatic heterocycles. The number of hydrogen-bond donors (Lipinski definition) is 5. The second-order valence-corrected chi connectivity index (χ2v) is 10.0. The Morgan fingerprint density at radius 2 is 1.00 bits per heavy atom. The highest BCUT2D eigenvalue weighted by Crippen LogP contribution is 2.29. The maximum atomic E-state index is 13.3. The Hall–Kier alpha value is -2.81. The zero-order valence-corrected chi connectivity index (χ0v) is 21.8. The molecule has 1 saturated carbocycles. The third-order valence-electron chi connectivity index (χ3n) is 7.12. The SMILES string of the molecule is O=C(O)CNC(=O)C(C1CCCCC1)N1CCN(CC(=O)O)CCN(CC(=O)O)CCN(CC(=O)O)CC1. The monoisotopic (exact) mass is 543 g/mol. The molecular weight excluding hydrogens is 502 g/mol. The molecule has 5 N–H and O–H groups in total. The van der Waals surface area contributed by atoms with Crippen LogP contribution in [0.5, 0.6) is 0 Å². The molecule has 38 heavy (non-hydrogen) atoms. The largest absolute Gasteiger partial charge is 0.480 e. The molecule has 0 aromatic carbocycles. The topological polar surface area (TPSA) is 191 Å². The molecule has 0 aromatic heterocycles. The lowest BCUT2D eigenvalue weighted by atomic mass is 9.82. The van der Waals surface area contributed by atoms with E-state index in [1.54, 1.807) is 14.7 Å². The standard InChI is InChI=1S/C24H41N5O9/c30-19(31)14-25-24(38)23(18-4-2-1-3-5-18)29-12-10-27(16-21(34)35)8-6-26(15-20(32)33)7-9-28(11-13-29)17-22(36)37/h18,23H,1-17H2,(H,25,38)(H,30,31)(H,32,33)(H,34,35)(H,36,37). The van der Waals surface area contributed by atoms with Gasteiger partial charge in [0.05, 0.1) is 25.7 Å². The van der Waals surface area contributed by atoms with Crippen LogP contribution in [0.4, 0.5) is 0 Å². The molecule has 0 aromatic rings. The second kappa shape index (κ2) is 16.2. The number of nitrogens with zero attached hydrogens (tertiary/aromatic N) is 4. The molecule has 14 heteroatoms. The van der Waals surface area contributed by atoms with Crippen LogP contribution in [0.15, 0.2) is 0 Å². The highest BCUT2D eigenvalue weighted by Gasteiger charge is 2.35. The van der Waals surface area contributed by atoms with Gasteiger partial charge < -0.3 is 25.7 Å². The average molecular weight is 544 g/mol. The third-order valence-corrected chi connectivity index (χ3v) is 7.12. The number of carboxylic acids is 4. The summed E-state index contributed by atoms with van der Waals surface area (Å²) in [6.45, 7) is 1.09. The van der Waals surface area contributed by atoms with Crippen LogP contribution in [0, 0.1) is 5.92 Å². The minimum absolute atomic E-state index is 0.00245. The van der Waals surface area contributed by atoms with Gasteiger partial charge in [0.25, 0.3) is 0 Å². The average Bonchev–Trinajstić information content (AvgIpc) is 2.83. The summed E-state index contributed by atoms with van der Waals surface area (Å²) in [6, 6.07) is -0.626. The lowest BCUT2D eigenvalue weighted by Crippen LogP contribution is -2.56. The molecule has 1 saturated heterocycles. The second-order valence-electron chi connectivity index (χ2n) is 10.0. The number of nitrogens with one attached hydrogen (secondary N) is 1. The maximum Gasteiger partial charge on any atom is 0.322 e. The fraction of sp³-hybridized carbons (Fsp3) is 0.792. The molecule has 1 atom stereocenters. The molecule has 0 bridgehead atoms. The van der Waals surface area contributed by atoms with Crippen molar-refractivity contribution in [3.63, 3.8) is 0 Å². The van der Waals surface area contributed by atoms with Crippen LogP contribution < -0.4 is 5.32 Å². The fourth-order valence-corrected chi connectivity index (χ4v) is 5.27. The quantitative estimate of drug-likeness (QED) is 0.205. The van der Waals surface area contributed by atoms with E-state index in [2.05, 4.69) is 5.32 Å². The fourth-order valence-electron chi connectivity index (χ4n) is 5.27. The molecular formula is C24H41N5O9. The van der Waals surface area contributed by atoms with Crippen molar-refractivity contribution in [1.82, 2.24) is 24.9 Å². The lowest BCUT2D eigenvalue weighted by Gasteiger charge is -2.40. The van der Waals surface area contributed by atoms with Gasteiger partial charge in [-0.3, -0.25) is 43.6 Å². The minimum Gasteiger partial charge on any atom is -0.480 e. The Morgan fingerprint density at radius 1 is 0.605 bits per heavy atom. The summed E-state index contributed by atoms with van der Waals surface area (Å²) in [5, 5.41) is 39.8. The highest BCUT2D eigenvalue weighted by molar-refractivity contribution is 5.85. The number of carbonyl (C=O) groups is 5. The van der Waals surface area contributed by atoms with Crippen LogP contribution in [0.1, 0.15) is 32.1 Å². The van der Waals surface area contributed by atoms with Crippen LogP contribution in [0.3, 0.4) is 0 Å². The Bertz CT molecular complexity index is 789. The van der Waals surface area contributed by atoms with Crippen molar-refractivity contribution in [3.8, 4) is 0 Å².